The van der Waals surface area contributed by atoms with Crippen molar-refractivity contribution in [3.63, 3.8) is 0 Å². The molecule has 0 spiro atoms. The van der Waals surface area contributed by atoms with E-state index in [1.807, 2.05) is 38.1 Å². The highest BCUT2D eigenvalue weighted by atomic mass is 19.1. The van der Waals surface area contributed by atoms with Gasteiger partial charge in [0.15, 0.2) is 0 Å². The minimum absolute atomic E-state index is 0.114. The lowest BCUT2D eigenvalue weighted by atomic mass is 9.92. The Bertz CT molecular complexity index is 547. The van der Waals surface area contributed by atoms with Crippen LogP contribution in [0.4, 0.5) is 4.39 Å². The van der Waals surface area contributed by atoms with Gasteiger partial charge in [-0.05, 0) is 46.9 Å². The molecule has 2 aromatic rings. The zero-order chi connectivity index (χ0) is 13.1. The van der Waals surface area contributed by atoms with E-state index in [1.165, 1.54) is 6.07 Å². The monoisotopic (exact) mass is 243 g/mol. The molecular formula is C16H16FO. The molecule has 0 fully saturated rings. The fraction of sp³-hybridized carbons (Fsp3) is 0.250. The summed E-state index contributed by atoms with van der Waals surface area (Å²) >= 11 is 0. The SMILES string of the molecule is COc1cccc(-c2[c]ccc(F)c2C(C)C)c1. The summed E-state index contributed by atoms with van der Waals surface area (Å²) in [5.74, 6) is 0.699. The Morgan fingerprint density at radius 2 is 2.00 bits per heavy atom. The summed E-state index contributed by atoms with van der Waals surface area (Å²) < 4.78 is 19.1. The molecule has 2 aromatic carbocycles. The molecule has 18 heavy (non-hydrogen) atoms. The van der Waals surface area contributed by atoms with Gasteiger partial charge in [-0.1, -0.05) is 32.0 Å². The molecule has 0 amide bonds. The summed E-state index contributed by atoms with van der Waals surface area (Å²) in [5, 5.41) is 0. The molecule has 2 rings (SSSR count). The standard InChI is InChI=1S/C16H16FO/c1-11(2)16-14(8-5-9-15(16)17)12-6-4-7-13(10-12)18-3/h4-7,9-11H,1-3H3. The van der Waals surface area contributed by atoms with Crippen LogP contribution in [0.25, 0.3) is 11.1 Å². The number of ether oxygens (including phenoxy) is 1. The second-order valence-electron chi connectivity index (χ2n) is 4.50. The van der Waals surface area contributed by atoms with Crippen molar-refractivity contribution >= 4 is 0 Å². The molecule has 0 saturated heterocycles. The molecule has 0 saturated carbocycles. The Morgan fingerprint density at radius 3 is 2.67 bits per heavy atom. The zero-order valence-corrected chi connectivity index (χ0v) is 10.8. The van der Waals surface area contributed by atoms with E-state index in [0.29, 0.717) is 5.56 Å². The minimum atomic E-state index is -0.179. The van der Waals surface area contributed by atoms with Gasteiger partial charge in [0.2, 0.25) is 0 Å². The van der Waals surface area contributed by atoms with Crippen molar-refractivity contribution in [3.8, 4) is 16.9 Å². The Labute approximate surface area is 107 Å². The van der Waals surface area contributed by atoms with Crippen LogP contribution in [0.15, 0.2) is 36.4 Å². The van der Waals surface area contributed by atoms with Crippen molar-refractivity contribution in [1.82, 2.24) is 0 Å². The molecule has 0 bridgehead atoms. The predicted molar refractivity (Wildman–Crippen MR) is 71.3 cm³/mol. The molecule has 0 aliphatic carbocycles. The van der Waals surface area contributed by atoms with E-state index in [2.05, 4.69) is 6.07 Å². The van der Waals surface area contributed by atoms with E-state index in [4.69, 9.17) is 4.74 Å². The fourth-order valence-corrected chi connectivity index (χ4v) is 2.07. The van der Waals surface area contributed by atoms with Crippen LogP contribution < -0.4 is 4.74 Å². The number of methoxy groups -OCH3 is 1. The quantitative estimate of drug-likeness (QED) is 0.775. The lowest BCUT2D eigenvalue weighted by Crippen LogP contribution is -1.97. The highest BCUT2D eigenvalue weighted by molar-refractivity contribution is 5.69. The molecule has 1 nitrogen and oxygen atoms in total. The highest BCUT2D eigenvalue weighted by Crippen LogP contribution is 2.32. The first-order valence-electron chi connectivity index (χ1n) is 5.98. The molecule has 0 heterocycles. The van der Waals surface area contributed by atoms with Crippen LogP contribution in [-0.2, 0) is 0 Å². The van der Waals surface area contributed by atoms with Gasteiger partial charge in [-0.3, -0.25) is 0 Å². The molecule has 0 aliphatic rings. The number of halogens is 1. The van der Waals surface area contributed by atoms with Crippen molar-refractivity contribution in [2.24, 2.45) is 0 Å². The lowest BCUT2D eigenvalue weighted by Gasteiger charge is -2.14. The molecule has 0 aliphatic heterocycles. The molecule has 2 heteroatoms. The smallest absolute Gasteiger partial charge is 0.127 e. The van der Waals surface area contributed by atoms with Crippen molar-refractivity contribution in [2.75, 3.05) is 7.11 Å². The molecule has 93 valence electrons. The summed E-state index contributed by atoms with van der Waals surface area (Å²) in [6, 6.07) is 13.8. The van der Waals surface area contributed by atoms with Crippen LogP contribution in [0.3, 0.4) is 0 Å². The Balaban J connectivity index is 2.59. The van der Waals surface area contributed by atoms with E-state index >= 15 is 0 Å². The second kappa shape index (κ2) is 5.21. The summed E-state index contributed by atoms with van der Waals surface area (Å²) in [5.41, 5.74) is 2.44. The van der Waals surface area contributed by atoms with Gasteiger partial charge in [-0.25, -0.2) is 4.39 Å². The first-order chi connectivity index (χ1) is 8.63. The fourth-order valence-electron chi connectivity index (χ4n) is 2.07. The average molecular weight is 243 g/mol. The first kappa shape index (κ1) is 12.6. The normalized spacial score (nSPS) is 10.7. The van der Waals surface area contributed by atoms with Crippen molar-refractivity contribution in [2.45, 2.75) is 19.8 Å². The molecule has 0 atom stereocenters. The van der Waals surface area contributed by atoms with Gasteiger partial charge in [0.1, 0.15) is 11.6 Å². The summed E-state index contributed by atoms with van der Waals surface area (Å²) in [4.78, 5) is 0. The van der Waals surface area contributed by atoms with Gasteiger partial charge in [-0.2, -0.15) is 0 Å². The third-order valence-electron chi connectivity index (χ3n) is 2.92. The first-order valence-corrected chi connectivity index (χ1v) is 5.98. The van der Waals surface area contributed by atoms with Gasteiger partial charge < -0.3 is 4.74 Å². The van der Waals surface area contributed by atoms with Crippen LogP contribution in [0.5, 0.6) is 5.75 Å². The van der Waals surface area contributed by atoms with Crippen LogP contribution >= 0.6 is 0 Å². The molecule has 0 N–H and O–H groups in total. The molecule has 0 aromatic heterocycles. The van der Waals surface area contributed by atoms with E-state index in [9.17, 15) is 4.39 Å². The maximum atomic E-state index is 13.9. The van der Waals surface area contributed by atoms with Crippen LogP contribution in [-0.4, -0.2) is 7.11 Å². The van der Waals surface area contributed by atoms with Crippen LogP contribution in [0, 0.1) is 11.9 Å². The third kappa shape index (κ3) is 2.37. The summed E-state index contributed by atoms with van der Waals surface area (Å²) in [6.07, 6.45) is 0. The number of benzene rings is 2. The van der Waals surface area contributed by atoms with E-state index in [0.717, 1.165) is 16.9 Å². The highest BCUT2D eigenvalue weighted by Gasteiger charge is 2.13. The predicted octanol–water partition coefficient (Wildman–Crippen LogP) is 4.42. The average Bonchev–Trinajstić information content (AvgIpc) is 2.38. The van der Waals surface area contributed by atoms with Gasteiger partial charge in [-0.15, -0.1) is 0 Å². The topological polar surface area (TPSA) is 9.23 Å². The summed E-state index contributed by atoms with van der Waals surface area (Å²) in [7, 11) is 1.62. The molecule has 0 unspecified atom stereocenters. The second-order valence-corrected chi connectivity index (χ2v) is 4.50. The van der Waals surface area contributed by atoms with E-state index < -0.39 is 0 Å². The number of rotatable bonds is 3. The van der Waals surface area contributed by atoms with Crippen molar-refractivity contribution in [1.29, 1.82) is 0 Å². The van der Waals surface area contributed by atoms with Crippen LogP contribution in [0.1, 0.15) is 25.3 Å². The summed E-state index contributed by atoms with van der Waals surface area (Å²) in [6.45, 7) is 3.96. The maximum Gasteiger partial charge on any atom is 0.127 e. The molecular weight excluding hydrogens is 227 g/mol. The van der Waals surface area contributed by atoms with Gasteiger partial charge in [0.05, 0.1) is 7.11 Å². The minimum Gasteiger partial charge on any atom is -0.497 e. The van der Waals surface area contributed by atoms with Gasteiger partial charge >= 0.3 is 0 Å². The number of hydrogen-bond donors (Lipinski definition) is 0. The molecule has 1 radical (unpaired) electrons. The van der Waals surface area contributed by atoms with Gasteiger partial charge in [0, 0.05) is 0 Å². The van der Waals surface area contributed by atoms with Crippen molar-refractivity contribution < 1.29 is 9.13 Å². The Hall–Kier alpha value is -1.83. The Morgan fingerprint density at radius 1 is 1.22 bits per heavy atom. The largest absolute Gasteiger partial charge is 0.497 e. The van der Waals surface area contributed by atoms with Gasteiger partial charge in [0.25, 0.3) is 0 Å². The van der Waals surface area contributed by atoms with Crippen molar-refractivity contribution in [3.05, 3.63) is 53.8 Å². The lowest BCUT2D eigenvalue weighted by molar-refractivity contribution is 0.415. The zero-order valence-electron chi connectivity index (χ0n) is 10.8. The number of hydrogen-bond acceptors (Lipinski definition) is 1. The third-order valence-corrected chi connectivity index (χ3v) is 2.92. The Kier molecular flexibility index (Phi) is 3.66. The van der Waals surface area contributed by atoms with E-state index in [-0.39, 0.29) is 11.7 Å². The maximum absolute atomic E-state index is 13.9. The van der Waals surface area contributed by atoms with Crippen LogP contribution in [0.2, 0.25) is 0 Å². The van der Waals surface area contributed by atoms with E-state index in [1.54, 1.807) is 13.2 Å².